The molecule has 1 amide bonds. The van der Waals surface area contributed by atoms with E-state index in [0.717, 1.165) is 51.9 Å². The summed E-state index contributed by atoms with van der Waals surface area (Å²) in [6.07, 6.45) is 4.32. The molecule has 0 radical (unpaired) electrons. The number of likely N-dealkylation sites (tertiary alicyclic amines) is 1. The minimum absolute atomic E-state index is 0.0742. The summed E-state index contributed by atoms with van der Waals surface area (Å²) in [6, 6.07) is -0.0742. The van der Waals surface area contributed by atoms with Crippen LogP contribution in [0.3, 0.4) is 0 Å². The second kappa shape index (κ2) is 7.22. The summed E-state index contributed by atoms with van der Waals surface area (Å²) in [4.78, 5) is 14.4. The third kappa shape index (κ3) is 3.91. The SMILES string of the molecule is CCCOC1CCCN(C(=O)C2CC(OC)CN2)C1. The Morgan fingerprint density at radius 3 is 2.95 bits per heavy atom. The second-order valence-corrected chi connectivity index (χ2v) is 5.47. The maximum absolute atomic E-state index is 12.4. The molecule has 5 nitrogen and oxygen atoms in total. The number of hydrogen-bond donors (Lipinski definition) is 1. The number of ether oxygens (including phenoxy) is 2. The van der Waals surface area contributed by atoms with Gasteiger partial charge in [-0.25, -0.2) is 0 Å². The minimum Gasteiger partial charge on any atom is -0.380 e. The fourth-order valence-corrected chi connectivity index (χ4v) is 2.85. The van der Waals surface area contributed by atoms with Crippen LogP contribution in [0.25, 0.3) is 0 Å². The lowest BCUT2D eigenvalue weighted by atomic mass is 10.1. The van der Waals surface area contributed by atoms with Crippen LogP contribution in [0.2, 0.25) is 0 Å². The second-order valence-electron chi connectivity index (χ2n) is 5.47. The van der Waals surface area contributed by atoms with Gasteiger partial charge in [0.2, 0.25) is 5.91 Å². The van der Waals surface area contributed by atoms with Gasteiger partial charge in [0.05, 0.1) is 18.2 Å². The maximum Gasteiger partial charge on any atom is 0.239 e. The third-order valence-electron chi connectivity index (χ3n) is 3.97. The first-order valence-corrected chi connectivity index (χ1v) is 7.41. The lowest BCUT2D eigenvalue weighted by Crippen LogP contribution is -2.49. The van der Waals surface area contributed by atoms with Crippen molar-refractivity contribution in [3.8, 4) is 0 Å². The van der Waals surface area contributed by atoms with Crippen LogP contribution in [0.4, 0.5) is 0 Å². The van der Waals surface area contributed by atoms with Crippen molar-refractivity contribution in [3.63, 3.8) is 0 Å². The van der Waals surface area contributed by atoms with Gasteiger partial charge in [0.1, 0.15) is 0 Å². The van der Waals surface area contributed by atoms with E-state index in [1.807, 2.05) is 4.90 Å². The maximum atomic E-state index is 12.4. The Morgan fingerprint density at radius 1 is 1.42 bits per heavy atom. The molecule has 0 bridgehead atoms. The standard InChI is InChI=1S/C14H26N2O3/c1-3-7-19-11-5-4-6-16(10-11)14(17)13-8-12(18-2)9-15-13/h11-13,15H,3-10H2,1-2H3. The zero-order chi connectivity index (χ0) is 13.7. The minimum atomic E-state index is -0.0742. The summed E-state index contributed by atoms with van der Waals surface area (Å²) in [5, 5.41) is 3.26. The van der Waals surface area contributed by atoms with Crippen molar-refractivity contribution < 1.29 is 14.3 Å². The van der Waals surface area contributed by atoms with Crippen LogP contribution in [0, 0.1) is 0 Å². The third-order valence-corrected chi connectivity index (χ3v) is 3.97. The first-order chi connectivity index (χ1) is 9.24. The molecule has 0 aromatic carbocycles. The van der Waals surface area contributed by atoms with Gasteiger partial charge in [-0.1, -0.05) is 6.92 Å². The number of methoxy groups -OCH3 is 1. The van der Waals surface area contributed by atoms with Crippen LogP contribution >= 0.6 is 0 Å². The van der Waals surface area contributed by atoms with E-state index in [1.165, 1.54) is 0 Å². The van der Waals surface area contributed by atoms with Gasteiger partial charge in [-0.05, 0) is 25.7 Å². The summed E-state index contributed by atoms with van der Waals surface area (Å²) >= 11 is 0. The van der Waals surface area contributed by atoms with Crippen LogP contribution in [0.5, 0.6) is 0 Å². The number of carbonyl (C=O) groups excluding carboxylic acids is 1. The van der Waals surface area contributed by atoms with E-state index < -0.39 is 0 Å². The Kier molecular flexibility index (Phi) is 5.60. The monoisotopic (exact) mass is 270 g/mol. The molecule has 0 saturated carbocycles. The van der Waals surface area contributed by atoms with Gasteiger partial charge in [0.25, 0.3) is 0 Å². The molecule has 110 valence electrons. The molecule has 2 heterocycles. The predicted octanol–water partition coefficient (Wildman–Crippen LogP) is 0.781. The molecule has 3 atom stereocenters. The van der Waals surface area contributed by atoms with Crippen molar-refractivity contribution in [3.05, 3.63) is 0 Å². The summed E-state index contributed by atoms with van der Waals surface area (Å²) in [7, 11) is 1.70. The van der Waals surface area contributed by atoms with Crippen molar-refractivity contribution >= 4 is 5.91 Å². The summed E-state index contributed by atoms with van der Waals surface area (Å²) in [5.41, 5.74) is 0. The molecular weight excluding hydrogens is 244 g/mol. The average molecular weight is 270 g/mol. The fourth-order valence-electron chi connectivity index (χ4n) is 2.85. The van der Waals surface area contributed by atoms with E-state index >= 15 is 0 Å². The quantitative estimate of drug-likeness (QED) is 0.802. The zero-order valence-electron chi connectivity index (χ0n) is 12.1. The molecule has 2 aliphatic heterocycles. The van der Waals surface area contributed by atoms with Gasteiger partial charge in [0.15, 0.2) is 0 Å². The van der Waals surface area contributed by atoms with E-state index in [-0.39, 0.29) is 24.2 Å². The average Bonchev–Trinajstić information content (AvgIpc) is 2.93. The van der Waals surface area contributed by atoms with E-state index in [2.05, 4.69) is 12.2 Å². The normalized spacial score (nSPS) is 31.7. The fraction of sp³-hybridized carbons (Fsp3) is 0.929. The highest BCUT2D eigenvalue weighted by molar-refractivity contribution is 5.82. The van der Waals surface area contributed by atoms with Crippen molar-refractivity contribution in [1.29, 1.82) is 0 Å². The molecule has 2 rings (SSSR count). The smallest absolute Gasteiger partial charge is 0.239 e. The molecule has 1 N–H and O–H groups in total. The molecular formula is C14H26N2O3. The lowest BCUT2D eigenvalue weighted by molar-refractivity contribution is -0.137. The number of piperidine rings is 1. The Hall–Kier alpha value is -0.650. The van der Waals surface area contributed by atoms with Crippen molar-refractivity contribution in [2.24, 2.45) is 0 Å². The first-order valence-electron chi connectivity index (χ1n) is 7.41. The highest BCUT2D eigenvalue weighted by atomic mass is 16.5. The lowest BCUT2D eigenvalue weighted by Gasteiger charge is -2.34. The first kappa shape index (κ1) is 14.8. The largest absolute Gasteiger partial charge is 0.380 e. The van der Waals surface area contributed by atoms with Gasteiger partial charge >= 0.3 is 0 Å². The van der Waals surface area contributed by atoms with Gasteiger partial charge in [-0.15, -0.1) is 0 Å². The van der Waals surface area contributed by atoms with Crippen LogP contribution in [0.1, 0.15) is 32.6 Å². The van der Waals surface area contributed by atoms with E-state index in [9.17, 15) is 4.79 Å². The highest BCUT2D eigenvalue weighted by Gasteiger charge is 2.34. The van der Waals surface area contributed by atoms with Crippen LogP contribution in [-0.2, 0) is 14.3 Å². The molecule has 0 aliphatic carbocycles. The van der Waals surface area contributed by atoms with Gasteiger partial charge in [-0.3, -0.25) is 4.79 Å². The van der Waals surface area contributed by atoms with Gasteiger partial charge in [-0.2, -0.15) is 0 Å². The summed E-state index contributed by atoms with van der Waals surface area (Å²) < 4.78 is 11.1. The molecule has 2 aliphatic rings. The number of amides is 1. The van der Waals surface area contributed by atoms with Crippen LogP contribution < -0.4 is 5.32 Å². The van der Waals surface area contributed by atoms with Gasteiger partial charge < -0.3 is 19.7 Å². The van der Waals surface area contributed by atoms with Crippen molar-refractivity contribution in [2.75, 3.05) is 33.4 Å². The predicted molar refractivity (Wildman–Crippen MR) is 73.0 cm³/mol. The van der Waals surface area contributed by atoms with Crippen molar-refractivity contribution in [2.45, 2.75) is 50.9 Å². The van der Waals surface area contributed by atoms with Crippen LogP contribution in [-0.4, -0.2) is 62.4 Å². The molecule has 5 heteroatoms. The van der Waals surface area contributed by atoms with Crippen molar-refractivity contribution in [1.82, 2.24) is 10.2 Å². The molecule has 3 unspecified atom stereocenters. The topological polar surface area (TPSA) is 50.8 Å². The number of rotatable bonds is 5. The molecule has 0 aromatic heterocycles. The number of carbonyl (C=O) groups is 1. The molecule has 0 aromatic rings. The van der Waals surface area contributed by atoms with Gasteiger partial charge in [0, 0.05) is 33.4 Å². The van der Waals surface area contributed by atoms with Crippen LogP contribution in [0.15, 0.2) is 0 Å². The summed E-state index contributed by atoms with van der Waals surface area (Å²) in [6.45, 7) is 5.28. The number of nitrogens with zero attached hydrogens (tertiary/aromatic N) is 1. The zero-order valence-corrected chi connectivity index (χ0v) is 12.1. The molecule has 0 spiro atoms. The van der Waals surface area contributed by atoms with E-state index in [4.69, 9.17) is 9.47 Å². The Labute approximate surface area is 115 Å². The summed E-state index contributed by atoms with van der Waals surface area (Å²) in [5.74, 6) is 0.212. The highest BCUT2D eigenvalue weighted by Crippen LogP contribution is 2.18. The number of nitrogens with one attached hydrogen (secondary N) is 1. The Balaban J connectivity index is 1.81. The molecule has 2 saturated heterocycles. The van der Waals surface area contributed by atoms with E-state index in [1.54, 1.807) is 7.11 Å². The Morgan fingerprint density at radius 2 is 2.26 bits per heavy atom. The Bertz CT molecular complexity index is 298. The molecule has 2 fully saturated rings. The van der Waals surface area contributed by atoms with E-state index in [0.29, 0.717) is 0 Å². The molecule has 19 heavy (non-hydrogen) atoms. The number of hydrogen-bond acceptors (Lipinski definition) is 4.